The first-order valence-electron chi connectivity index (χ1n) is 8.18. The maximum absolute atomic E-state index is 13.2. The lowest BCUT2D eigenvalue weighted by Gasteiger charge is -2.06. The van der Waals surface area contributed by atoms with E-state index in [0.29, 0.717) is 11.2 Å². The van der Waals surface area contributed by atoms with Crippen molar-refractivity contribution in [3.05, 3.63) is 54.2 Å². The highest BCUT2D eigenvalue weighted by atomic mass is 32.2. The fraction of sp³-hybridized carbons (Fsp3) is 0.158. The van der Waals surface area contributed by atoms with Crippen LogP contribution in [0.3, 0.4) is 0 Å². The molecule has 1 N–H and O–H groups in total. The number of hydrogen-bond acceptors (Lipinski definition) is 6. The van der Waals surface area contributed by atoms with Crippen LogP contribution in [0.25, 0.3) is 10.9 Å². The first-order chi connectivity index (χ1) is 13.3. The summed E-state index contributed by atoms with van der Waals surface area (Å²) in [5, 5.41) is 2.74. The van der Waals surface area contributed by atoms with Crippen LogP contribution in [0, 0.1) is 6.92 Å². The van der Waals surface area contributed by atoms with Crippen LogP contribution in [0.15, 0.2) is 58.5 Å². The van der Waals surface area contributed by atoms with Crippen LogP contribution in [-0.4, -0.2) is 39.4 Å². The van der Waals surface area contributed by atoms with Gasteiger partial charge in [-0.05, 0) is 37.3 Å². The van der Waals surface area contributed by atoms with Crippen molar-refractivity contribution in [1.82, 2.24) is 4.57 Å². The molecule has 3 rings (SSSR count). The molecule has 1 aromatic heterocycles. The summed E-state index contributed by atoms with van der Waals surface area (Å²) in [6.07, 6.45) is -0.216. The zero-order chi connectivity index (χ0) is 20.5. The number of sulfone groups is 1. The van der Waals surface area contributed by atoms with Crippen molar-refractivity contribution in [2.45, 2.75) is 16.7 Å². The number of carbonyl (C=O) groups is 2. The van der Waals surface area contributed by atoms with Crippen LogP contribution in [0.5, 0.6) is 0 Å². The smallest absolute Gasteiger partial charge is 0.418 e. The molecule has 9 heteroatoms. The minimum Gasteiger partial charge on any atom is -0.453 e. The molecule has 0 bridgehead atoms. The van der Waals surface area contributed by atoms with Crippen LogP contribution in [-0.2, 0) is 19.3 Å². The topological polar surface area (TPSA) is 104 Å². The highest BCUT2D eigenvalue weighted by Gasteiger charge is 2.25. The van der Waals surface area contributed by atoms with Crippen molar-refractivity contribution in [1.29, 1.82) is 0 Å². The van der Waals surface area contributed by atoms with E-state index in [2.05, 4.69) is 10.1 Å². The quantitative estimate of drug-likeness (QED) is 0.718. The molecule has 3 aromatic rings. The largest absolute Gasteiger partial charge is 0.453 e. The Hall–Kier alpha value is -3.33. The number of amides is 1. The third-order valence-corrected chi connectivity index (χ3v) is 5.99. The minimum absolute atomic E-state index is 0.0785. The summed E-state index contributed by atoms with van der Waals surface area (Å²) in [4.78, 5) is 23.6. The number of aromatic nitrogens is 1. The highest BCUT2D eigenvalue weighted by Crippen LogP contribution is 2.32. The molecule has 0 radical (unpaired) electrons. The SMILES string of the molecule is COC(=O)Nc1ccc2c(c1)c(S(=O)(=O)c1ccc(C)cc1)cn2C(=O)OC. The number of hydrogen-bond donors (Lipinski definition) is 1. The van der Waals surface area contributed by atoms with Gasteiger partial charge in [0.2, 0.25) is 9.84 Å². The second kappa shape index (κ2) is 7.35. The van der Waals surface area contributed by atoms with E-state index >= 15 is 0 Å². The van der Waals surface area contributed by atoms with E-state index in [4.69, 9.17) is 4.74 Å². The van der Waals surface area contributed by atoms with Crippen molar-refractivity contribution in [3.8, 4) is 0 Å². The summed E-state index contributed by atoms with van der Waals surface area (Å²) in [7, 11) is -1.51. The molecule has 0 aliphatic heterocycles. The maximum Gasteiger partial charge on any atom is 0.418 e. The molecule has 0 saturated heterocycles. The van der Waals surface area contributed by atoms with Gasteiger partial charge in [0, 0.05) is 17.3 Å². The number of aryl methyl sites for hydroxylation is 1. The van der Waals surface area contributed by atoms with E-state index in [0.717, 1.165) is 10.1 Å². The first-order valence-corrected chi connectivity index (χ1v) is 9.66. The summed E-state index contributed by atoms with van der Waals surface area (Å²) < 4.78 is 36.8. The lowest BCUT2D eigenvalue weighted by Crippen LogP contribution is -2.11. The Balaban J connectivity index is 2.24. The number of nitrogens with zero attached hydrogens (tertiary/aromatic N) is 1. The van der Waals surface area contributed by atoms with E-state index in [9.17, 15) is 18.0 Å². The molecule has 8 nitrogen and oxygen atoms in total. The van der Waals surface area contributed by atoms with Crippen LogP contribution in [0.1, 0.15) is 5.56 Å². The average Bonchev–Trinajstić information content (AvgIpc) is 3.07. The molecule has 28 heavy (non-hydrogen) atoms. The second-order valence-electron chi connectivity index (χ2n) is 6.00. The lowest BCUT2D eigenvalue weighted by atomic mass is 10.2. The number of methoxy groups -OCH3 is 2. The van der Waals surface area contributed by atoms with Gasteiger partial charge < -0.3 is 9.47 Å². The van der Waals surface area contributed by atoms with Gasteiger partial charge in [-0.2, -0.15) is 0 Å². The Morgan fingerprint density at radius 3 is 2.29 bits per heavy atom. The van der Waals surface area contributed by atoms with Crippen molar-refractivity contribution in [2.24, 2.45) is 0 Å². The molecule has 0 fully saturated rings. The number of rotatable bonds is 3. The number of benzene rings is 2. The van der Waals surface area contributed by atoms with E-state index in [-0.39, 0.29) is 15.2 Å². The normalized spacial score (nSPS) is 11.2. The fourth-order valence-electron chi connectivity index (χ4n) is 2.75. The van der Waals surface area contributed by atoms with Crippen LogP contribution < -0.4 is 5.32 Å². The van der Waals surface area contributed by atoms with Crippen molar-refractivity contribution in [2.75, 3.05) is 19.5 Å². The maximum atomic E-state index is 13.2. The zero-order valence-corrected chi connectivity index (χ0v) is 16.2. The summed E-state index contributed by atoms with van der Waals surface area (Å²) in [6.45, 7) is 1.85. The molecule has 146 valence electrons. The Bertz CT molecular complexity index is 1160. The molecule has 2 aromatic carbocycles. The molecular weight excluding hydrogens is 384 g/mol. The second-order valence-corrected chi connectivity index (χ2v) is 7.92. The summed E-state index contributed by atoms with van der Waals surface area (Å²) in [5.74, 6) is 0. The molecule has 0 unspecified atom stereocenters. The van der Waals surface area contributed by atoms with Gasteiger partial charge in [-0.25, -0.2) is 18.0 Å². The summed E-state index contributed by atoms with van der Waals surface area (Å²) in [5.41, 5.74) is 1.57. The van der Waals surface area contributed by atoms with E-state index in [1.165, 1.54) is 50.7 Å². The Labute approximate surface area is 161 Å². The van der Waals surface area contributed by atoms with Gasteiger partial charge in [0.05, 0.1) is 29.5 Å². The van der Waals surface area contributed by atoms with Crippen molar-refractivity contribution < 1.29 is 27.5 Å². The van der Waals surface area contributed by atoms with Gasteiger partial charge in [-0.3, -0.25) is 9.88 Å². The average molecular weight is 402 g/mol. The fourth-order valence-corrected chi connectivity index (χ4v) is 4.20. The molecule has 0 aliphatic carbocycles. The first kappa shape index (κ1) is 19.4. The van der Waals surface area contributed by atoms with Gasteiger partial charge in [0.15, 0.2) is 0 Å². The van der Waals surface area contributed by atoms with Crippen LogP contribution in [0.2, 0.25) is 0 Å². The predicted octanol–water partition coefficient (Wildman–Crippen LogP) is 3.58. The molecular formula is C19H18N2O6S. The number of anilines is 1. The number of carbonyl (C=O) groups excluding carboxylic acids is 2. The summed E-state index contributed by atoms with van der Waals surface area (Å²) >= 11 is 0. The van der Waals surface area contributed by atoms with E-state index in [1.54, 1.807) is 12.1 Å². The summed E-state index contributed by atoms with van der Waals surface area (Å²) in [6, 6.07) is 10.9. The molecule has 0 atom stereocenters. The monoisotopic (exact) mass is 402 g/mol. The Morgan fingerprint density at radius 2 is 1.68 bits per heavy atom. The number of ether oxygens (including phenoxy) is 2. The number of fused-ring (bicyclic) bond motifs is 1. The van der Waals surface area contributed by atoms with Crippen molar-refractivity contribution >= 4 is 38.6 Å². The number of nitrogens with one attached hydrogen (secondary N) is 1. The minimum atomic E-state index is -3.93. The van der Waals surface area contributed by atoms with Gasteiger partial charge in [-0.1, -0.05) is 17.7 Å². The van der Waals surface area contributed by atoms with Crippen LogP contribution >= 0.6 is 0 Å². The third-order valence-electron chi connectivity index (χ3n) is 4.19. The van der Waals surface area contributed by atoms with E-state index < -0.39 is 22.0 Å². The lowest BCUT2D eigenvalue weighted by molar-refractivity contribution is 0.174. The Morgan fingerprint density at radius 1 is 1.00 bits per heavy atom. The van der Waals surface area contributed by atoms with Gasteiger partial charge in [0.1, 0.15) is 0 Å². The van der Waals surface area contributed by atoms with Gasteiger partial charge in [-0.15, -0.1) is 0 Å². The zero-order valence-electron chi connectivity index (χ0n) is 15.4. The molecule has 0 spiro atoms. The van der Waals surface area contributed by atoms with Gasteiger partial charge in [0.25, 0.3) is 0 Å². The van der Waals surface area contributed by atoms with Crippen molar-refractivity contribution in [3.63, 3.8) is 0 Å². The molecule has 1 heterocycles. The van der Waals surface area contributed by atoms with E-state index in [1.807, 2.05) is 6.92 Å². The third kappa shape index (κ3) is 3.44. The van der Waals surface area contributed by atoms with Crippen LogP contribution in [0.4, 0.5) is 15.3 Å². The Kier molecular flexibility index (Phi) is 5.10. The highest BCUT2D eigenvalue weighted by molar-refractivity contribution is 7.91. The molecule has 0 aliphatic rings. The molecule has 0 saturated carbocycles. The predicted molar refractivity (Wildman–Crippen MR) is 102 cm³/mol. The standard InChI is InChI=1S/C19H18N2O6S/c1-12-4-7-14(8-5-12)28(24,25)17-11-21(19(23)27-3)16-9-6-13(10-15(16)17)20-18(22)26-2/h4-11H,1-3H3,(H,20,22). The molecule has 1 amide bonds. The van der Waals surface area contributed by atoms with Gasteiger partial charge >= 0.3 is 12.2 Å².